The molecule has 1 fully saturated rings. The molecule has 0 radical (unpaired) electrons. The molecule has 1 saturated carbocycles. The van der Waals surface area contributed by atoms with Crippen LogP contribution < -0.4 is 10.2 Å². The van der Waals surface area contributed by atoms with Crippen LogP contribution in [0.4, 0.5) is 6.01 Å². The van der Waals surface area contributed by atoms with E-state index in [0.29, 0.717) is 12.6 Å². The molecule has 1 aliphatic rings. The number of nitrogens with one attached hydrogen (secondary N) is 1. The van der Waals surface area contributed by atoms with E-state index in [9.17, 15) is 0 Å². The average Bonchev–Trinajstić information content (AvgIpc) is 3.03. The molecule has 0 saturated heterocycles. The summed E-state index contributed by atoms with van der Waals surface area (Å²) in [5.74, 6) is 3.43. The number of terminal acetylenes is 1. The third-order valence-corrected chi connectivity index (χ3v) is 2.82. The van der Waals surface area contributed by atoms with Gasteiger partial charge in [-0.15, -0.1) is 6.42 Å². The Balaban J connectivity index is 1.96. The zero-order valence-electron chi connectivity index (χ0n) is 10.3. The van der Waals surface area contributed by atoms with Crippen molar-refractivity contribution in [2.75, 3.05) is 24.5 Å². The molecule has 0 amide bonds. The minimum absolute atomic E-state index is 0.567. The van der Waals surface area contributed by atoms with Gasteiger partial charge in [-0.25, -0.2) is 0 Å². The Hall–Kier alpha value is -1.47. The maximum absolute atomic E-state index is 5.48. The Kier molecular flexibility index (Phi) is 4.05. The summed E-state index contributed by atoms with van der Waals surface area (Å²) in [6, 6.07) is 0.655. The lowest BCUT2D eigenvalue weighted by Gasteiger charge is -2.16. The fourth-order valence-corrected chi connectivity index (χ4v) is 1.71. The molecule has 0 atom stereocenters. The van der Waals surface area contributed by atoms with E-state index in [1.165, 1.54) is 12.8 Å². The van der Waals surface area contributed by atoms with Crippen LogP contribution in [-0.4, -0.2) is 24.6 Å². The second kappa shape index (κ2) is 5.74. The number of rotatable bonds is 7. The molecular formula is C13H19N3O. The zero-order chi connectivity index (χ0) is 12.1. The Bertz CT molecular complexity index is 390. The van der Waals surface area contributed by atoms with Crippen LogP contribution >= 0.6 is 0 Å². The predicted octanol–water partition coefficient (Wildman–Crippen LogP) is 1.63. The van der Waals surface area contributed by atoms with Crippen LogP contribution in [0.3, 0.4) is 0 Å². The first-order chi connectivity index (χ1) is 8.33. The Labute approximate surface area is 102 Å². The molecule has 1 aromatic rings. The second-order valence-corrected chi connectivity index (χ2v) is 4.43. The smallest absolute Gasteiger partial charge is 0.298 e. The fourth-order valence-electron chi connectivity index (χ4n) is 1.71. The SMILES string of the molecule is C#CCN(CC1CC1)c1nc(CNCC)co1. The number of hydrogen-bond donors (Lipinski definition) is 1. The van der Waals surface area contributed by atoms with Crippen molar-refractivity contribution < 1.29 is 4.42 Å². The molecule has 1 heterocycles. The third-order valence-electron chi connectivity index (χ3n) is 2.82. The Morgan fingerprint density at radius 2 is 2.47 bits per heavy atom. The molecule has 4 nitrogen and oxygen atoms in total. The standard InChI is InChI=1S/C13H19N3O/c1-3-7-16(9-11-5-6-11)13-15-12(10-17-13)8-14-4-2/h1,10-11,14H,4-9H2,2H3. The molecule has 0 spiro atoms. The van der Waals surface area contributed by atoms with Gasteiger partial charge in [0.05, 0.1) is 12.2 Å². The van der Waals surface area contributed by atoms with Gasteiger partial charge in [-0.1, -0.05) is 12.8 Å². The van der Waals surface area contributed by atoms with E-state index in [4.69, 9.17) is 10.8 Å². The van der Waals surface area contributed by atoms with Crippen molar-refractivity contribution in [1.29, 1.82) is 0 Å². The van der Waals surface area contributed by atoms with E-state index in [0.717, 1.165) is 31.2 Å². The first-order valence-corrected chi connectivity index (χ1v) is 6.17. The highest BCUT2D eigenvalue weighted by Crippen LogP contribution is 2.31. The summed E-state index contributed by atoms with van der Waals surface area (Å²) in [5.41, 5.74) is 0.930. The highest BCUT2D eigenvalue weighted by molar-refractivity contribution is 5.30. The van der Waals surface area contributed by atoms with Crippen LogP contribution in [0, 0.1) is 18.3 Å². The largest absolute Gasteiger partial charge is 0.432 e. The number of hydrogen-bond acceptors (Lipinski definition) is 4. The van der Waals surface area contributed by atoms with Gasteiger partial charge < -0.3 is 14.6 Å². The van der Waals surface area contributed by atoms with Gasteiger partial charge in [0.25, 0.3) is 6.01 Å². The van der Waals surface area contributed by atoms with Crippen molar-refractivity contribution >= 4 is 6.01 Å². The Morgan fingerprint density at radius 1 is 1.65 bits per heavy atom. The van der Waals surface area contributed by atoms with Gasteiger partial charge in [-0.05, 0) is 25.3 Å². The molecule has 0 bridgehead atoms. The van der Waals surface area contributed by atoms with Gasteiger partial charge in [-0.2, -0.15) is 4.98 Å². The predicted molar refractivity (Wildman–Crippen MR) is 67.7 cm³/mol. The van der Waals surface area contributed by atoms with Crippen molar-refractivity contribution in [2.24, 2.45) is 5.92 Å². The lowest BCUT2D eigenvalue weighted by atomic mass is 10.4. The summed E-state index contributed by atoms with van der Waals surface area (Å²) in [5, 5.41) is 3.22. The summed E-state index contributed by atoms with van der Waals surface area (Å²) in [6.45, 7) is 5.27. The first kappa shape index (κ1) is 12.0. The summed E-state index contributed by atoms with van der Waals surface area (Å²) < 4.78 is 5.48. The van der Waals surface area contributed by atoms with Crippen LogP contribution in [-0.2, 0) is 6.54 Å². The van der Waals surface area contributed by atoms with Gasteiger partial charge in [0, 0.05) is 13.1 Å². The van der Waals surface area contributed by atoms with Crippen molar-refractivity contribution in [3.63, 3.8) is 0 Å². The monoisotopic (exact) mass is 233 g/mol. The number of oxazole rings is 1. The highest BCUT2D eigenvalue weighted by Gasteiger charge is 2.25. The van der Waals surface area contributed by atoms with Crippen LogP contribution in [0.15, 0.2) is 10.7 Å². The lowest BCUT2D eigenvalue weighted by molar-refractivity contribution is 0.533. The number of anilines is 1. The van der Waals surface area contributed by atoms with Gasteiger partial charge >= 0.3 is 0 Å². The molecule has 0 aliphatic heterocycles. The van der Waals surface area contributed by atoms with E-state index in [1.54, 1.807) is 6.26 Å². The van der Waals surface area contributed by atoms with Crippen molar-refractivity contribution in [3.05, 3.63) is 12.0 Å². The molecule has 1 aromatic heterocycles. The van der Waals surface area contributed by atoms with Gasteiger partial charge in [0.15, 0.2) is 0 Å². The van der Waals surface area contributed by atoms with E-state index in [1.807, 2.05) is 4.90 Å². The van der Waals surface area contributed by atoms with Crippen molar-refractivity contribution in [3.8, 4) is 12.3 Å². The van der Waals surface area contributed by atoms with E-state index < -0.39 is 0 Å². The molecular weight excluding hydrogens is 214 g/mol. The van der Waals surface area contributed by atoms with Crippen LogP contribution in [0.1, 0.15) is 25.5 Å². The van der Waals surface area contributed by atoms with Crippen LogP contribution in [0.5, 0.6) is 0 Å². The molecule has 1 aliphatic carbocycles. The van der Waals surface area contributed by atoms with E-state index in [-0.39, 0.29) is 0 Å². The summed E-state index contributed by atoms with van der Waals surface area (Å²) in [4.78, 5) is 6.50. The van der Waals surface area contributed by atoms with Crippen molar-refractivity contribution in [1.82, 2.24) is 10.3 Å². The maximum atomic E-state index is 5.48. The van der Waals surface area contributed by atoms with Gasteiger partial charge in [-0.3, -0.25) is 0 Å². The van der Waals surface area contributed by atoms with Crippen molar-refractivity contribution in [2.45, 2.75) is 26.3 Å². The topological polar surface area (TPSA) is 41.3 Å². The average molecular weight is 233 g/mol. The molecule has 2 rings (SSSR count). The van der Waals surface area contributed by atoms with Gasteiger partial charge in [0.2, 0.25) is 0 Å². The minimum Gasteiger partial charge on any atom is -0.432 e. The van der Waals surface area contributed by atoms with Crippen LogP contribution in [0.25, 0.3) is 0 Å². The zero-order valence-corrected chi connectivity index (χ0v) is 10.3. The Morgan fingerprint density at radius 3 is 3.12 bits per heavy atom. The number of aromatic nitrogens is 1. The summed E-state index contributed by atoms with van der Waals surface area (Å²) in [7, 11) is 0. The molecule has 1 N–H and O–H groups in total. The molecule has 0 unspecified atom stereocenters. The maximum Gasteiger partial charge on any atom is 0.298 e. The summed E-state index contributed by atoms with van der Waals surface area (Å²) >= 11 is 0. The van der Waals surface area contributed by atoms with Crippen LogP contribution in [0.2, 0.25) is 0 Å². The normalized spacial score (nSPS) is 14.6. The highest BCUT2D eigenvalue weighted by atomic mass is 16.4. The quantitative estimate of drug-likeness (QED) is 0.727. The molecule has 17 heavy (non-hydrogen) atoms. The minimum atomic E-state index is 0.567. The van der Waals surface area contributed by atoms with Gasteiger partial charge in [0.1, 0.15) is 6.26 Å². The lowest BCUT2D eigenvalue weighted by Crippen LogP contribution is -2.26. The molecule has 92 valence electrons. The fraction of sp³-hybridized carbons (Fsp3) is 0.615. The summed E-state index contributed by atoms with van der Waals surface area (Å²) in [6.07, 6.45) is 9.67. The molecule has 0 aromatic carbocycles. The van der Waals surface area contributed by atoms with E-state index >= 15 is 0 Å². The third kappa shape index (κ3) is 3.50. The van der Waals surface area contributed by atoms with E-state index in [2.05, 4.69) is 23.1 Å². The molecule has 4 heteroatoms. The first-order valence-electron chi connectivity index (χ1n) is 6.17. The second-order valence-electron chi connectivity index (χ2n) is 4.43. The number of nitrogens with zero attached hydrogens (tertiary/aromatic N) is 2.